The number of hydrogen-bond acceptors (Lipinski definition) is 5. The van der Waals surface area contributed by atoms with Crippen molar-refractivity contribution in [3.05, 3.63) is 15.5 Å². The first-order valence-electron chi connectivity index (χ1n) is 4.77. The highest BCUT2D eigenvalue weighted by molar-refractivity contribution is 7.12. The van der Waals surface area contributed by atoms with Crippen LogP contribution in [0.2, 0.25) is 5.15 Å². The van der Waals surface area contributed by atoms with Gasteiger partial charge in [0.05, 0.1) is 11.4 Å². The molecule has 0 aliphatic heterocycles. The number of aliphatic hydroxyl groups is 1. The van der Waals surface area contributed by atoms with E-state index in [9.17, 15) is 9.59 Å². The molecule has 1 amide bonds. The first-order chi connectivity index (χ1) is 8.06. The zero-order chi connectivity index (χ0) is 12.8. The molecule has 3 N–H and O–H groups in total. The molecule has 94 valence electrons. The van der Waals surface area contributed by atoms with E-state index in [-0.39, 0.29) is 29.6 Å². The third kappa shape index (κ3) is 3.95. The summed E-state index contributed by atoms with van der Waals surface area (Å²) in [6.07, 6.45) is 0.0893. The molecule has 0 aliphatic carbocycles. The van der Waals surface area contributed by atoms with Gasteiger partial charge in [0.1, 0.15) is 4.88 Å². The lowest BCUT2D eigenvalue weighted by Gasteiger charge is -2.11. The number of halogens is 1. The number of carboxylic acids is 1. The van der Waals surface area contributed by atoms with E-state index in [2.05, 4.69) is 10.3 Å². The van der Waals surface area contributed by atoms with Crippen molar-refractivity contribution in [1.82, 2.24) is 10.3 Å². The normalized spacial score (nSPS) is 12.1. The minimum Gasteiger partial charge on any atom is -0.481 e. The van der Waals surface area contributed by atoms with E-state index in [1.165, 1.54) is 5.51 Å². The second kappa shape index (κ2) is 6.53. The highest BCUT2D eigenvalue weighted by Crippen LogP contribution is 2.18. The van der Waals surface area contributed by atoms with Gasteiger partial charge in [-0.15, -0.1) is 11.3 Å². The molecule has 8 heteroatoms. The van der Waals surface area contributed by atoms with Crippen molar-refractivity contribution in [2.45, 2.75) is 6.42 Å². The van der Waals surface area contributed by atoms with E-state index >= 15 is 0 Å². The van der Waals surface area contributed by atoms with E-state index in [0.717, 1.165) is 11.3 Å². The molecule has 1 heterocycles. The number of aliphatic hydroxyl groups excluding tert-OH is 1. The molecule has 0 spiro atoms. The number of hydrogen-bond donors (Lipinski definition) is 3. The van der Waals surface area contributed by atoms with Crippen molar-refractivity contribution >= 4 is 34.8 Å². The van der Waals surface area contributed by atoms with Gasteiger partial charge in [-0.3, -0.25) is 9.59 Å². The van der Waals surface area contributed by atoms with Gasteiger partial charge >= 0.3 is 5.97 Å². The molecule has 6 nitrogen and oxygen atoms in total. The van der Waals surface area contributed by atoms with Crippen LogP contribution < -0.4 is 5.32 Å². The maximum absolute atomic E-state index is 11.6. The Morgan fingerprint density at radius 1 is 1.59 bits per heavy atom. The first kappa shape index (κ1) is 13.9. The summed E-state index contributed by atoms with van der Waals surface area (Å²) in [6, 6.07) is 0. The number of nitrogens with one attached hydrogen (secondary N) is 1. The Morgan fingerprint density at radius 3 is 2.76 bits per heavy atom. The molecule has 0 aliphatic rings. The van der Waals surface area contributed by atoms with Gasteiger partial charge in [0, 0.05) is 13.2 Å². The lowest BCUT2D eigenvalue weighted by molar-refractivity contribution is -0.142. The fourth-order valence-electron chi connectivity index (χ4n) is 1.14. The predicted molar refractivity (Wildman–Crippen MR) is 62.3 cm³/mol. The molecule has 0 bridgehead atoms. The summed E-state index contributed by atoms with van der Waals surface area (Å²) in [5.41, 5.74) is 1.43. The molecule has 1 rings (SSSR count). The Kier molecular flexibility index (Phi) is 5.33. The number of aromatic nitrogens is 1. The predicted octanol–water partition coefficient (Wildman–Crippen LogP) is 0.609. The third-order valence-electron chi connectivity index (χ3n) is 2.07. The van der Waals surface area contributed by atoms with Crippen LogP contribution in [0.4, 0.5) is 0 Å². The molecule has 0 aromatic carbocycles. The van der Waals surface area contributed by atoms with Crippen molar-refractivity contribution in [3.63, 3.8) is 0 Å². The van der Waals surface area contributed by atoms with E-state index in [0.29, 0.717) is 0 Å². The van der Waals surface area contributed by atoms with Crippen molar-refractivity contribution in [2.24, 2.45) is 5.92 Å². The molecule has 1 aromatic heterocycles. The maximum atomic E-state index is 11.6. The summed E-state index contributed by atoms with van der Waals surface area (Å²) >= 11 is 6.73. The van der Waals surface area contributed by atoms with Crippen LogP contribution in [0, 0.1) is 5.92 Å². The number of carbonyl (C=O) groups is 2. The fourth-order valence-corrected chi connectivity index (χ4v) is 2.06. The lowest BCUT2D eigenvalue weighted by atomic mass is 10.1. The number of aliphatic carboxylic acids is 1. The van der Waals surface area contributed by atoms with Crippen molar-refractivity contribution in [1.29, 1.82) is 0 Å². The van der Waals surface area contributed by atoms with Crippen LogP contribution in [-0.2, 0) is 4.79 Å². The number of thiazole rings is 1. The smallest absolute Gasteiger partial charge is 0.308 e. The average molecular weight is 279 g/mol. The van der Waals surface area contributed by atoms with Crippen LogP contribution in [0.15, 0.2) is 5.51 Å². The first-order valence-corrected chi connectivity index (χ1v) is 6.03. The van der Waals surface area contributed by atoms with Gasteiger partial charge in [-0.2, -0.15) is 0 Å². The van der Waals surface area contributed by atoms with Gasteiger partial charge in [0.2, 0.25) is 0 Å². The fraction of sp³-hybridized carbons (Fsp3) is 0.444. The summed E-state index contributed by atoms with van der Waals surface area (Å²) in [6.45, 7) is -0.295. The van der Waals surface area contributed by atoms with Crippen LogP contribution >= 0.6 is 22.9 Å². The zero-order valence-electron chi connectivity index (χ0n) is 8.72. The third-order valence-corrected chi connectivity index (χ3v) is 3.29. The molecule has 1 atom stereocenters. The van der Waals surface area contributed by atoms with Crippen LogP contribution in [0.1, 0.15) is 16.1 Å². The van der Waals surface area contributed by atoms with Crippen molar-refractivity contribution < 1.29 is 19.8 Å². The molecule has 17 heavy (non-hydrogen) atoms. The van der Waals surface area contributed by atoms with Crippen LogP contribution in [0.25, 0.3) is 0 Å². The van der Waals surface area contributed by atoms with Crippen LogP contribution in [0.5, 0.6) is 0 Å². The van der Waals surface area contributed by atoms with Gasteiger partial charge < -0.3 is 15.5 Å². The summed E-state index contributed by atoms with van der Waals surface area (Å²) in [7, 11) is 0. The summed E-state index contributed by atoms with van der Waals surface area (Å²) in [4.78, 5) is 26.3. The van der Waals surface area contributed by atoms with Crippen molar-refractivity contribution in [3.8, 4) is 0 Å². The molecule has 0 radical (unpaired) electrons. The Bertz CT molecular complexity index is 409. The summed E-state index contributed by atoms with van der Waals surface area (Å²) in [5.74, 6) is -2.33. The molecular formula is C9H11ClN2O4S. The molecule has 1 unspecified atom stereocenters. The minimum atomic E-state index is -1.06. The summed E-state index contributed by atoms with van der Waals surface area (Å²) in [5, 5.41) is 20.0. The molecule has 1 aromatic rings. The van der Waals surface area contributed by atoms with E-state index in [1.807, 2.05) is 0 Å². The Hall–Kier alpha value is -1.18. The highest BCUT2D eigenvalue weighted by atomic mass is 35.5. The van der Waals surface area contributed by atoms with E-state index in [1.54, 1.807) is 0 Å². The van der Waals surface area contributed by atoms with Gasteiger partial charge in [0.15, 0.2) is 5.15 Å². The van der Waals surface area contributed by atoms with Gasteiger partial charge in [-0.25, -0.2) is 4.98 Å². The minimum absolute atomic E-state index is 0.0526. The van der Waals surface area contributed by atoms with E-state index in [4.69, 9.17) is 21.8 Å². The number of nitrogens with zero attached hydrogens (tertiary/aromatic N) is 1. The monoisotopic (exact) mass is 278 g/mol. The van der Waals surface area contributed by atoms with E-state index < -0.39 is 17.8 Å². The van der Waals surface area contributed by atoms with Crippen LogP contribution in [0.3, 0.4) is 0 Å². The molecular weight excluding hydrogens is 268 g/mol. The molecule has 0 fully saturated rings. The number of amides is 1. The number of rotatable bonds is 6. The largest absolute Gasteiger partial charge is 0.481 e. The Morgan fingerprint density at radius 2 is 2.29 bits per heavy atom. The second-order valence-electron chi connectivity index (χ2n) is 3.23. The molecule has 0 saturated heterocycles. The summed E-state index contributed by atoms with van der Waals surface area (Å²) < 4.78 is 0. The van der Waals surface area contributed by atoms with Gasteiger partial charge in [-0.1, -0.05) is 11.6 Å². The van der Waals surface area contributed by atoms with Gasteiger partial charge in [-0.05, 0) is 6.42 Å². The van der Waals surface area contributed by atoms with Crippen LogP contribution in [-0.4, -0.2) is 40.2 Å². The Balaban J connectivity index is 2.52. The molecule has 0 saturated carbocycles. The lowest BCUT2D eigenvalue weighted by Crippen LogP contribution is -2.33. The average Bonchev–Trinajstić information content (AvgIpc) is 2.69. The standard InChI is InChI=1S/C9H11ClN2O4S/c10-7-6(17-4-12-7)8(14)11-3-5(1-2-13)9(15)16/h4-5,13H,1-3H2,(H,11,14)(H,15,16). The quantitative estimate of drug-likeness (QED) is 0.708. The number of carbonyl (C=O) groups excluding carboxylic acids is 1. The second-order valence-corrected chi connectivity index (χ2v) is 4.44. The Labute approximate surface area is 106 Å². The van der Waals surface area contributed by atoms with Gasteiger partial charge in [0.25, 0.3) is 5.91 Å². The maximum Gasteiger partial charge on any atom is 0.308 e. The SMILES string of the molecule is O=C(NCC(CCO)C(=O)O)c1scnc1Cl. The zero-order valence-corrected chi connectivity index (χ0v) is 10.3. The van der Waals surface area contributed by atoms with Crippen molar-refractivity contribution in [2.75, 3.05) is 13.2 Å². The topological polar surface area (TPSA) is 99.5 Å². The highest BCUT2D eigenvalue weighted by Gasteiger charge is 2.19. The number of carboxylic acid groups (broad SMARTS) is 1.